The van der Waals surface area contributed by atoms with E-state index in [0.717, 1.165) is 6.29 Å². The van der Waals surface area contributed by atoms with Gasteiger partial charge in [-0.05, 0) is 24.6 Å². The fraction of sp³-hybridized carbons (Fsp3) is 0.222. The minimum Gasteiger partial charge on any atom is -0.301 e. The molecule has 0 saturated heterocycles. The molecule has 0 aliphatic rings. The van der Waals surface area contributed by atoms with E-state index in [1.54, 1.807) is 13.0 Å². The number of thiol groups is 1. The first-order valence-electron chi connectivity index (χ1n) is 3.61. The molecule has 70 valence electrons. The highest BCUT2D eigenvalue weighted by molar-refractivity contribution is 9.10. The fourth-order valence-electron chi connectivity index (χ4n) is 0.879. The molecule has 0 amide bonds. The van der Waals surface area contributed by atoms with Gasteiger partial charge in [0.2, 0.25) is 0 Å². The second-order valence-electron chi connectivity index (χ2n) is 2.86. The van der Waals surface area contributed by atoms with Gasteiger partial charge in [-0.3, -0.25) is 0 Å². The van der Waals surface area contributed by atoms with E-state index in [0.29, 0.717) is 5.56 Å². The predicted molar refractivity (Wildman–Crippen MR) is 56.0 cm³/mol. The summed E-state index contributed by atoms with van der Waals surface area (Å²) in [5, 5.41) is 0. The number of carbonyl (C=O) groups excluding carboxylic acids is 1. The molecular formula is C9H8BrFOS. The van der Waals surface area contributed by atoms with Crippen molar-refractivity contribution >= 4 is 34.8 Å². The Labute approximate surface area is 89.9 Å². The third-order valence-electron chi connectivity index (χ3n) is 1.73. The minimum atomic E-state index is -0.824. The quantitative estimate of drug-likeness (QED) is 0.493. The molecule has 1 aromatic carbocycles. The molecule has 1 nitrogen and oxygen atoms in total. The lowest BCUT2D eigenvalue weighted by atomic mass is 10.0. The number of halogens is 2. The van der Waals surface area contributed by atoms with E-state index in [4.69, 9.17) is 0 Å². The summed E-state index contributed by atoms with van der Waals surface area (Å²) in [5.41, 5.74) is 0.581. The number of alkyl halides is 1. The molecule has 0 fully saturated rings. The van der Waals surface area contributed by atoms with E-state index in [-0.39, 0.29) is 4.90 Å². The Bertz CT molecular complexity index is 338. The monoisotopic (exact) mass is 262 g/mol. The van der Waals surface area contributed by atoms with Gasteiger partial charge >= 0.3 is 0 Å². The van der Waals surface area contributed by atoms with Crippen LogP contribution < -0.4 is 0 Å². The van der Waals surface area contributed by atoms with E-state index in [1.165, 1.54) is 12.1 Å². The second kappa shape index (κ2) is 3.80. The van der Waals surface area contributed by atoms with E-state index in [2.05, 4.69) is 28.6 Å². The molecule has 0 saturated carbocycles. The molecule has 1 atom stereocenters. The first-order valence-corrected chi connectivity index (χ1v) is 4.85. The molecule has 0 aliphatic heterocycles. The van der Waals surface area contributed by atoms with Crippen LogP contribution in [0.4, 0.5) is 4.39 Å². The number of aldehydes is 1. The third kappa shape index (κ3) is 2.31. The van der Waals surface area contributed by atoms with Crippen LogP contribution in [0.2, 0.25) is 0 Å². The SMILES string of the molecule is CC(Br)(C=O)c1ccc(S)c(F)c1. The van der Waals surface area contributed by atoms with Gasteiger partial charge in [0.25, 0.3) is 0 Å². The Morgan fingerprint density at radius 3 is 2.69 bits per heavy atom. The fourth-order valence-corrected chi connectivity index (χ4v) is 1.26. The molecule has 4 heteroatoms. The maximum absolute atomic E-state index is 13.0. The van der Waals surface area contributed by atoms with Gasteiger partial charge in [0.05, 0.1) is 0 Å². The highest BCUT2D eigenvalue weighted by Crippen LogP contribution is 2.29. The van der Waals surface area contributed by atoms with Gasteiger partial charge in [0, 0.05) is 4.90 Å². The van der Waals surface area contributed by atoms with Gasteiger partial charge < -0.3 is 4.79 Å². The molecule has 1 aromatic rings. The van der Waals surface area contributed by atoms with Crippen molar-refractivity contribution < 1.29 is 9.18 Å². The molecular weight excluding hydrogens is 255 g/mol. The highest BCUT2D eigenvalue weighted by atomic mass is 79.9. The van der Waals surface area contributed by atoms with Crippen LogP contribution in [0.3, 0.4) is 0 Å². The summed E-state index contributed by atoms with van der Waals surface area (Å²) in [6, 6.07) is 4.48. The van der Waals surface area contributed by atoms with Crippen molar-refractivity contribution in [2.24, 2.45) is 0 Å². The standard InChI is InChI=1S/C9H8BrFOS/c1-9(10,5-12)6-2-3-8(13)7(11)4-6/h2-5,13H,1H3. The Morgan fingerprint density at radius 2 is 2.23 bits per heavy atom. The average Bonchev–Trinajstić information content (AvgIpc) is 2.09. The molecule has 1 unspecified atom stereocenters. The Hall–Kier alpha value is -0.350. The molecule has 0 heterocycles. The number of rotatable bonds is 2. The summed E-state index contributed by atoms with van der Waals surface area (Å²) in [6.45, 7) is 1.66. The molecule has 13 heavy (non-hydrogen) atoms. The lowest BCUT2D eigenvalue weighted by Crippen LogP contribution is -2.14. The average molecular weight is 263 g/mol. The van der Waals surface area contributed by atoms with E-state index < -0.39 is 10.1 Å². The molecule has 0 bridgehead atoms. The first kappa shape index (κ1) is 10.7. The number of hydrogen-bond acceptors (Lipinski definition) is 2. The van der Waals surface area contributed by atoms with Crippen molar-refractivity contribution in [3.05, 3.63) is 29.6 Å². The van der Waals surface area contributed by atoms with Gasteiger partial charge in [-0.2, -0.15) is 0 Å². The molecule has 0 N–H and O–H groups in total. The summed E-state index contributed by atoms with van der Waals surface area (Å²) < 4.78 is 12.2. The normalized spacial score (nSPS) is 15.1. The Kier molecular flexibility index (Phi) is 3.14. The van der Waals surface area contributed by atoms with Crippen LogP contribution in [0.25, 0.3) is 0 Å². The number of carbonyl (C=O) groups is 1. The van der Waals surface area contributed by atoms with Crippen molar-refractivity contribution in [2.75, 3.05) is 0 Å². The zero-order chi connectivity index (χ0) is 10.1. The van der Waals surface area contributed by atoms with E-state index >= 15 is 0 Å². The van der Waals surface area contributed by atoms with E-state index in [1.807, 2.05) is 0 Å². The number of hydrogen-bond donors (Lipinski definition) is 1. The van der Waals surface area contributed by atoms with Crippen molar-refractivity contribution in [1.29, 1.82) is 0 Å². The number of benzene rings is 1. The van der Waals surface area contributed by atoms with Crippen LogP contribution in [0.5, 0.6) is 0 Å². The summed E-state index contributed by atoms with van der Waals surface area (Å²) >= 11 is 7.08. The molecule has 0 aromatic heterocycles. The van der Waals surface area contributed by atoms with Crippen LogP contribution >= 0.6 is 28.6 Å². The summed E-state index contributed by atoms with van der Waals surface area (Å²) in [7, 11) is 0. The van der Waals surface area contributed by atoms with Gasteiger partial charge in [0.15, 0.2) is 0 Å². The van der Waals surface area contributed by atoms with Crippen molar-refractivity contribution in [2.45, 2.75) is 16.1 Å². The van der Waals surface area contributed by atoms with Crippen LogP contribution in [-0.2, 0) is 9.12 Å². The maximum Gasteiger partial charge on any atom is 0.140 e. The minimum absolute atomic E-state index is 0.276. The van der Waals surface area contributed by atoms with Crippen molar-refractivity contribution in [3.63, 3.8) is 0 Å². The van der Waals surface area contributed by atoms with Crippen LogP contribution in [0, 0.1) is 5.82 Å². The largest absolute Gasteiger partial charge is 0.301 e. The molecule has 1 rings (SSSR count). The lowest BCUT2D eigenvalue weighted by Gasteiger charge is -2.15. The summed E-state index contributed by atoms with van der Waals surface area (Å²) in [6.07, 6.45) is 0.722. The van der Waals surface area contributed by atoms with Crippen LogP contribution in [0.15, 0.2) is 23.1 Å². The molecule has 0 aliphatic carbocycles. The maximum atomic E-state index is 13.0. The van der Waals surface area contributed by atoms with Gasteiger partial charge in [0.1, 0.15) is 16.4 Å². The van der Waals surface area contributed by atoms with Crippen LogP contribution in [0.1, 0.15) is 12.5 Å². The predicted octanol–water partition coefficient (Wildman–Crippen LogP) is 2.92. The van der Waals surface area contributed by atoms with Crippen molar-refractivity contribution in [1.82, 2.24) is 0 Å². The zero-order valence-electron chi connectivity index (χ0n) is 6.92. The van der Waals surface area contributed by atoms with Crippen LogP contribution in [-0.4, -0.2) is 6.29 Å². The Balaban J connectivity index is 3.18. The van der Waals surface area contributed by atoms with E-state index in [9.17, 15) is 9.18 Å². The molecule has 0 spiro atoms. The first-order chi connectivity index (χ1) is 5.97. The highest BCUT2D eigenvalue weighted by Gasteiger charge is 2.22. The van der Waals surface area contributed by atoms with Gasteiger partial charge in [-0.1, -0.05) is 22.0 Å². The summed E-state index contributed by atoms with van der Waals surface area (Å²) in [5.74, 6) is -0.423. The smallest absolute Gasteiger partial charge is 0.140 e. The second-order valence-corrected chi connectivity index (χ2v) is 4.99. The van der Waals surface area contributed by atoms with Crippen molar-refractivity contribution in [3.8, 4) is 0 Å². The topological polar surface area (TPSA) is 17.1 Å². The van der Waals surface area contributed by atoms with Gasteiger partial charge in [-0.25, -0.2) is 4.39 Å². The lowest BCUT2D eigenvalue weighted by molar-refractivity contribution is -0.109. The summed E-state index contributed by atoms with van der Waals surface area (Å²) in [4.78, 5) is 10.9. The zero-order valence-corrected chi connectivity index (χ0v) is 9.40. The van der Waals surface area contributed by atoms with Gasteiger partial charge in [-0.15, -0.1) is 12.6 Å². The Morgan fingerprint density at radius 1 is 1.62 bits per heavy atom. The third-order valence-corrected chi connectivity index (χ3v) is 2.74. The molecule has 0 radical (unpaired) electrons.